The van der Waals surface area contributed by atoms with E-state index in [0.29, 0.717) is 12.5 Å². The zero-order valence-electron chi connectivity index (χ0n) is 13.9. The number of nitrogens with zero attached hydrogens (tertiary/aromatic N) is 5. The molecule has 0 radical (unpaired) electrons. The van der Waals surface area contributed by atoms with Gasteiger partial charge in [-0.3, -0.25) is 0 Å². The first-order valence-corrected chi connectivity index (χ1v) is 7.48. The van der Waals surface area contributed by atoms with Crippen LogP contribution in [0.2, 0.25) is 0 Å². The molecule has 0 aliphatic carbocycles. The van der Waals surface area contributed by atoms with Gasteiger partial charge in [-0.1, -0.05) is 23.3 Å². The number of anilines is 1. The summed E-state index contributed by atoms with van der Waals surface area (Å²) in [6, 6.07) is 15.5. The molecule has 0 atom stereocenters. The van der Waals surface area contributed by atoms with Gasteiger partial charge in [-0.25, -0.2) is 0 Å². The summed E-state index contributed by atoms with van der Waals surface area (Å²) < 4.78 is 12.4. The normalized spacial score (nSPS) is 10.5. The van der Waals surface area contributed by atoms with Crippen molar-refractivity contribution < 1.29 is 9.47 Å². The van der Waals surface area contributed by atoms with E-state index in [2.05, 4.69) is 15.5 Å². The first-order chi connectivity index (χ1) is 11.7. The third-order valence-corrected chi connectivity index (χ3v) is 3.70. The Labute approximate surface area is 140 Å². The van der Waals surface area contributed by atoms with Crippen LogP contribution in [0.4, 0.5) is 5.95 Å². The van der Waals surface area contributed by atoms with Gasteiger partial charge >= 0.3 is 0 Å². The zero-order valence-corrected chi connectivity index (χ0v) is 13.9. The highest BCUT2D eigenvalue weighted by atomic mass is 16.5. The molecule has 3 aromatic rings. The van der Waals surface area contributed by atoms with Crippen LogP contribution in [-0.2, 0) is 6.54 Å². The number of tetrazole rings is 1. The number of para-hydroxylation sites is 1. The molecule has 0 aliphatic rings. The van der Waals surface area contributed by atoms with Crippen molar-refractivity contribution in [2.45, 2.75) is 6.54 Å². The van der Waals surface area contributed by atoms with Crippen molar-refractivity contribution in [3.8, 4) is 17.2 Å². The Hall–Kier alpha value is -3.09. The van der Waals surface area contributed by atoms with Crippen LogP contribution >= 0.6 is 0 Å². The molecular formula is C17H19N5O2. The third kappa shape index (κ3) is 3.15. The van der Waals surface area contributed by atoms with Crippen LogP contribution in [0.5, 0.6) is 11.5 Å². The molecule has 1 heterocycles. The van der Waals surface area contributed by atoms with E-state index in [1.54, 1.807) is 18.9 Å². The van der Waals surface area contributed by atoms with Gasteiger partial charge in [0.2, 0.25) is 5.95 Å². The van der Waals surface area contributed by atoms with E-state index in [0.717, 1.165) is 22.7 Å². The summed E-state index contributed by atoms with van der Waals surface area (Å²) in [4.78, 5) is 1.97. The lowest BCUT2D eigenvalue weighted by atomic mass is 10.2. The molecule has 3 rings (SSSR count). The van der Waals surface area contributed by atoms with E-state index in [1.807, 2.05) is 60.5 Å². The number of hydrogen-bond donors (Lipinski definition) is 0. The van der Waals surface area contributed by atoms with Crippen molar-refractivity contribution in [1.29, 1.82) is 0 Å². The highest BCUT2D eigenvalue weighted by Crippen LogP contribution is 2.26. The summed E-state index contributed by atoms with van der Waals surface area (Å²) in [5.74, 6) is 2.17. The van der Waals surface area contributed by atoms with E-state index in [9.17, 15) is 0 Å². The molecule has 24 heavy (non-hydrogen) atoms. The number of methoxy groups -OCH3 is 2. The SMILES string of the molecule is COc1ccc(CN(C)c2nnnn2-c2ccccc2)c(OC)c1. The van der Waals surface area contributed by atoms with Gasteiger partial charge in [0.05, 0.1) is 19.9 Å². The Morgan fingerprint density at radius 2 is 1.83 bits per heavy atom. The standard InChI is InChI=1S/C17H19N5O2/c1-21(12-13-9-10-15(23-2)11-16(13)24-3)17-18-19-20-22(17)14-7-5-4-6-8-14/h4-11H,12H2,1-3H3. The Bertz CT molecular complexity index is 804. The molecule has 0 N–H and O–H groups in total. The van der Waals surface area contributed by atoms with Crippen LogP contribution in [0.1, 0.15) is 5.56 Å². The van der Waals surface area contributed by atoms with Crippen LogP contribution in [0.15, 0.2) is 48.5 Å². The first-order valence-electron chi connectivity index (χ1n) is 7.48. The van der Waals surface area contributed by atoms with E-state index < -0.39 is 0 Å². The van der Waals surface area contributed by atoms with Gasteiger partial charge in [-0.05, 0) is 34.7 Å². The van der Waals surface area contributed by atoms with E-state index >= 15 is 0 Å². The second-order valence-corrected chi connectivity index (χ2v) is 5.26. The molecule has 0 bridgehead atoms. The van der Waals surface area contributed by atoms with Crippen LogP contribution in [0.25, 0.3) is 5.69 Å². The van der Waals surface area contributed by atoms with E-state index in [1.165, 1.54) is 0 Å². The predicted molar refractivity (Wildman–Crippen MR) is 90.8 cm³/mol. The van der Waals surface area contributed by atoms with Gasteiger partial charge in [0.15, 0.2) is 0 Å². The van der Waals surface area contributed by atoms with Gasteiger partial charge < -0.3 is 14.4 Å². The van der Waals surface area contributed by atoms with Gasteiger partial charge in [0.25, 0.3) is 0 Å². The summed E-state index contributed by atoms with van der Waals surface area (Å²) in [6.07, 6.45) is 0. The van der Waals surface area contributed by atoms with Crippen molar-refractivity contribution in [2.75, 3.05) is 26.2 Å². The molecule has 124 valence electrons. The molecule has 7 nitrogen and oxygen atoms in total. The fourth-order valence-corrected chi connectivity index (χ4v) is 2.47. The van der Waals surface area contributed by atoms with Crippen LogP contribution in [0, 0.1) is 0 Å². The minimum Gasteiger partial charge on any atom is -0.497 e. The quantitative estimate of drug-likeness (QED) is 0.693. The first kappa shape index (κ1) is 15.8. The van der Waals surface area contributed by atoms with Crippen molar-refractivity contribution in [3.63, 3.8) is 0 Å². The number of benzene rings is 2. The molecule has 7 heteroatoms. The van der Waals surface area contributed by atoms with Crippen LogP contribution < -0.4 is 14.4 Å². The average molecular weight is 325 g/mol. The lowest BCUT2D eigenvalue weighted by molar-refractivity contribution is 0.391. The van der Waals surface area contributed by atoms with Crippen molar-refractivity contribution in [3.05, 3.63) is 54.1 Å². The van der Waals surface area contributed by atoms with E-state index in [4.69, 9.17) is 9.47 Å². The highest BCUT2D eigenvalue weighted by Gasteiger charge is 2.15. The van der Waals surface area contributed by atoms with Crippen LogP contribution in [-0.4, -0.2) is 41.5 Å². The summed E-state index contributed by atoms with van der Waals surface area (Å²) in [6.45, 7) is 0.598. The Balaban J connectivity index is 1.87. The number of rotatable bonds is 6. The Morgan fingerprint density at radius 1 is 1.04 bits per heavy atom. The lowest BCUT2D eigenvalue weighted by Crippen LogP contribution is -2.21. The number of aromatic nitrogens is 4. The third-order valence-electron chi connectivity index (χ3n) is 3.70. The van der Waals surface area contributed by atoms with Crippen molar-refractivity contribution in [1.82, 2.24) is 20.2 Å². The highest BCUT2D eigenvalue weighted by molar-refractivity contribution is 5.45. The molecule has 1 aromatic heterocycles. The number of ether oxygens (including phenoxy) is 2. The summed E-state index contributed by atoms with van der Waals surface area (Å²) in [7, 11) is 5.22. The van der Waals surface area contributed by atoms with Crippen molar-refractivity contribution >= 4 is 5.95 Å². The van der Waals surface area contributed by atoms with Gasteiger partial charge in [-0.2, -0.15) is 4.68 Å². The molecular weight excluding hydrogens is 306 g/mol. The summed E-state index contributed by atoms with van der Waals surface area (Å²) in [5, 5.41) is 12.0. The maximum Gasteiger partial charge on any atom is 0.250 e. The summed E-state index contributed by atoms with van der Waals surface area (Å²) >= 11 is 0. The van der Waals surface area contributed by atoms with E-state index in [-0.39, 0.29) is 0 Å². The Kier molecular flexibility index (Phi) is 4.60. The summed E-state index contributed by atoms with van der Waals surface area (Å²) in [5.41, 5.74) is 1.93. The zero-order chi connectivity index (χ0) is 16.9. The predicted octanol–water partition coefficient (Wildman–Crippen LogP) is 2.32. The van der Waals surface area contributed by atoms with Gasteiger partial charge in [0, 0.05) is 25.2 Å². The maximum atomic E-state index is 5.46. The topological polar surface area (TPSA) is 65.3 Å². The van der Waals surface area contributed by atoms with Gasteiger partial charge in [-0.15, -0.1) is 0 Å². The number of hydrogen-bond acceptors (Lipinski definition) is 6. The van der Waals surface area contributed by atoms with Crippen LogP contribution in [0.3, 0.4) is 0 Å². The minimum absolute atomic E-state index is 0.598. The fraction of sp³-hybridized carbons (Fsp3) is 0.235. The largest absolute Gasteiger partial charge is 0.497 e. The lowest BCUT2D eigenvalue weighted by Gasteiger charge is -2.19. The molecule has 0 unspecified atom stereocenters. The fourth-order valence-electron chi connectivity index (χ4n) is 2.47. The smallest absolute Gasteiger partial charge is 0.250 e. The molecule has 2 aromatic carbocycles. The maximum absolute atomic E-state index is 5.46. The van der Waals surface area contributed by atoms with Gasteiger partial charge in [0.1, 0.15) is 11.5 Å². The molecule has 0 fully saturated rings. The second-order valence-electron chi connectivity index (χ2n) is 5.26. The molecule has 0 spiro atoms. The monoisotopic (exact) mass is 325 g/mol. The molecule has 0 aliphatic heterocycles. The average Bonchev–Trinajstić information content (AvgIpc) is 3.12. The van der Waals surface area contributed by atoms with Crippen molar-refractivity contribution in [2.24, 2.45) is 0 Å². The Morgan fingerprint density at radius 3 is 2.54 bits per heavy atom. The minimum atomic E-state index is 0.598. The molecule has 0 saturated carbocycles. The second kappa shape index (κ2) is 6.99. The molecule has 0 saturated heterocycles. The molecule has 0 amide bonds.